The molecule has 0 radical (unpaired) electrons. The fourth-order valence-electron chi connectivity index (χ4n) is 2.55. The van der Waals surface area contributed by atoms with Crippen LogP contribution in [0.3, 0.4) is 0 Å². The Hall–Kier alpha value is 0.430. The molecule has 92 valence electrons. The first-order chi connectivity index (χ1) is 6.93. The molecule has 0 heterocycles. The molecule has 1 heteroatoms. The number of hydrogen-bond acceptors (Lipinski definition) is 0. The Balaban J connectivity index is 4.58. The standard InChI is InChI=1S/C14H31P/c1-7-9-11-14(5,12-15-6)13(3,4)10-8-2/h15H,7-12H2,1-6H3. The molecule has 2 unspecified atom stereocenters. The summed E-state index contributed by atoms with van der Waals surface area (Å²) in [5.41, 5.74) is 1.08. The molecular formula is C14H31P. The van der Waals surface area contributed by atoms with E-state index in [0.29, 0.717) is 10.8 Å². The van der Waals surface area contributed by atoms with Crippen LogP contribution >= 0.6 is 8.58 Å². The van der Waals surface area contributed by atoms with E-state index in [1.165, 1.54) is 38.3 Å². The Bertz CT molecular complexity index is 163. The van der Waals surface area contributed by atoms with Crippen molar-refractivity contribution in [1.29, 1.82) is 0 Å². The molecule has 0 fully saturated rings. The van der Waals surface area contributed by atoms with Gasteiger partial charge in [-0.25, -0.2) is 0 Å². The number of rotatable bonds is 8. The summed E-state index contributed by atoms with van der Waals surface area (Å²) >= 11 is 0. The molecule has 0 bridgehead atoms. The Morgan fingerprint density at radius 2 is 1.53 bits per heavy atom. The van der Waals surface area contributed by atoms with Crippen molar-refractivity contribution in [2.75, 3.05) is 12.8 Å². The summed E-state index contributed by atoms with van der Waals surface area (Å²) in [5, 5.41) is 0. The third-order valence-corrected chi connectivity index (χ3v) is 5.29. The second-order valence-corrected chi connectivity index (χ2v) is 6.89. The van der Waals surface area contributed by atoms with Gasteiger partial charge in [0.2, 0.25) is 0 Å². The van der Waals surface area contributed by atoms with E-state index in [1.807, 2.05) is 0 Å². The van der Waals surface area contributed by atoms with Gasteiger partial charge in [0.15, 0.2) is 0 Å². The predicted octanol–water partition coefficient (Wildman–Crippen LogP) is 5.32. The highest BCUT2D eigenvalue weighted by atomic mass is 31.1. The maximum atomic E-state index is 2.52. The summed E-state index contributed by atoms with van der Waals surface area (Å²) in [7, 11) is 1.10. The van der Waals surface area contributed by atoms with Gasteiger partial charge in [0.1, 0.15) is 0 Å². The number of hydrogen-bond donors (Lipinski definition) is 0. The highest BCUT2D eigenvalue weighted by Crippen LogP contribution is 2.48. The van der Waals surface area contributed by atoms with E-state index >= 15 is 0 Å². The lowest BCUT2D eigenvalue weighted by Gasteiger charge is -2.45. The normalized spacial score (nSPS) is 17.2. The van der Waals surface area contributed by atoms with Crippen molar-refractivity contribution in [2.24, 2.45) is 10.8 Å². The molecule has 0 aliphatic carbocycles. The van der Waals surface area contributed by atoms with Gasteiger partial charge < -0.3 is 0 Å². The first-order valence-corrected chi connectivity index (χ1v) is 8.29. The highest BCUT2D eigenvalue weighted by Gasteiger charge is 2.38. The van der Waals surface area contributed by atoms with Gasteiger partial charge in [-0.15, -0.1) is 8.58 Å². The molecule has 0 aliphatic heterocycles. The topological polar surface area (TPSA) is 0 Å². The van der Waals surface area contributed by atoms with E-state index in [2.05, 4.69) is 41.3 Å². The highest BCUT2D eigenvalue weighted by molar-refractivity contribution is 7.37. The summed E-state index contributed by atoms with van der Waals surface area (Å²) < 4.78 is 0. The largest absolute Gasteiger partial charge is 0.125 e. The van der Waals surface area contributed by atoms with E-state index < -0.39 is 0 Å². The minimum Gasteiger partial charge on any atom is -0.125 e. The number of unbranched alkanes of at least 4 members (excludes halogenated alkanes) is 1. The SMILES string of the molecule is CCCCC(C)(CPC)C(C)(C)CCC. The Labute approximate surface area is 99.4 Å². The summed E-state index contributed by atoms with van der Waals surface area (Å²) in [6, 6.07) is 0. The van der Waals surface area contributed by atoms with Crippen molar-refractivity contribution in [3.63, 3.8) is 0 Å². The quantitative estimate of drug-likeness (QED) is 0.495. The van der Waals surface area contributed by atoms with Crippen molar-refractivity contribution < 1.29 is 0 Å². The zero-order chi connectivity index (χ0) is 11.9. The summed E-state index contributed by atoms with van der Waals surface area (Å²) in [4.78, 5) is 0. The summed E-state index contributed by atoms with van der Waals surface area (Å²) in [6.45, 7) is 14.5. The molecule has 2 atom stereocenters. The van der Waals surface area contributed by atoms with Crippen LogP contribution < -0.4 is 0 Å². The van der Waals surface area contributed by atoms with Gasteiger partial charge in [0.05, 0.1) is 0 Å². The zero-order valence-corrected chi connectivity index (χ0v) is 12.7. The molecule has 0 spiro atoms. The van der Waals surface area contributed by atoms with Gasteiger partial charge in [-0.05, 0) is 36.5 Å². The Morgan fingerprint density at radius 3 is 1.93 bits per heavy atom. The molecular weight excluding hydrogens is 199 g/mol. The monoisotopic (exact) mass is 230 g/mol. The molecule has 0 aromatic heterocycles. The van der Waals surface area contributed by atoms with Crippen LogP contribution in [0.4, 0.5) is 0 Å². The second-order valence-electron chi connectivity index (χ2n) is 5.83. The van der Waals surface area contributed by atoms with Crippen LogP contribution in [0.25, 0.3) is 0 Å². The molecule has 0 aromatic rings. The lowest BCUT2D eigenvalue weighted by Crippen LogP contribution is -2.37. The van der Waals surface area contributed by atoms with Crippen LogP contribution in [0.5, 0.6) is 0 Å². The Kier molecular flexibility index (Phi) is 7.09. The van der Waals surface area contributed by atoms with Crippen LogP contribution in [0.15, 0.2) is 0 Å². The van der Waals surface area contributed by atoms with Crippen LogP contribution in [-0.4, -0.2) is 12.8 Å². The summed E-state index contributed by atoms with van der Waals surface area (Å²) in [6.07, 6.45) is 8.26. The van der Waals surface area contributed by atoms with Gasteiger partial charge in [-0.2, -0.15) is 0 Å². The summed E-state index contributed by atoms with van der Waals surface area (Å²) in [5.74, 6) is 0. The molecule has 0 saturated heterocycles. The van der Waals surface area contributed by atoms with Crippen molar-refractivity contribution in [3.8, 4) is 0 Å². The van der Waals surface area contributed by atoms with Crippen LogP contribution in [0, 0.1) is 10.8 Å². The molecule has 0 N–H and O–H groups in total. The molecule has 15 heavy (non-hydrogen) atoms. The first kappa shape index (κ1) is 15.4. The lowest BCUT2D eigenvalue weighted by atomic mass is 9.63. The molecule has 0 nitrogen and oxygen atoms in total. The lowest BCUT2D eigenvalue weighted by molar-refractivity contribution is 0.0891. The van der Waals surface area contributed by atoms with Crippen molar-refractivity contribution in [3.05, 3.63) is 0 Å². The van der Waals surface area contributed by atoms with Gasteiger partial charge >= 0.3 is 0 Å². The first-order valence-electron chi connectivity index (χ1n) is 6.58. The van der Waals surface area contributed by atoms with Gasteiger partial charge in [-0.3, -0.25) is 0 Å². The van der Waals surface area contributed by atoms with Crippen molar-refractivity contribution >= 4 is 8.58 Å². The fraction of sp³-hybridized carbons (Fsp3) is 1.00. The van der Waals surface area contributed by atoms with E-state index in [0.717, 1.165) is 8.58 Å². The third kappa shape index (κ3) is 4.43. The minimum absolute atomic E-state index is 0.514. The fourth-order valence-corrected chi connectivity index (χ4v) is 3.99. The maximum Gasteiger partial charge on any atom is -0.0238 e. The Morgan fingerprint density at radius 1 is 0.933 bits per heavy atom. The van der Waals surface area contributed by atoms with Gasteiger partial charge in [-0.1, -0.05) is 53.9 Å². The van der Waals surface area contributed by atoms with Crippen LogP contribution in [0.1, 0.15) is 66.7 Å². The zero-order valence-electron chi connectivity index (χ0n) is 11.7. The van der Waals surface area contributed by atoms with E-state index in [9.17, 15) is 0 Å². The van der Waals surface area contributed by atoms with Crippen LogP contribution in [0.2, 0.25) is 0 Å². The molecule has 0 saturated carbocycles. The van der Waals surface area contributed by atoms with E-state index in [1.54, 1.807) is 0 Å². The van der Waals surface area contributed by atoms with Gasteiger partial charge in [0, 0.05) is 0 Å². The van der Waals surface area contributed by atoms with E-state index in [-0.39, 0.29) is 0 Å². The maximum absolute atomic E-state index is 2.52. The second kappa shape index (κ2) is 6.89. The molecule has 0 rings (SSSR count). The van der Waals surface area contributed by atoms with E-state index in [4.69, 9.17) is 0 Å². The molecule has 0 aliphatic rings. The van der Waals surface area contributed by atoms with Gasteiger partial charge in [0.25, 0.3) is 0 Å². The molecule has 0 aromatic carbocycles. The van der Waals surface area contributed by atoms with Crippen molar-refractivity contribution in [1.82, 2.24) is 0 Å². The average molecular weight is 230 g/mol. The third-order valence-electron chi connectivity index (χ3n) is 4.16. The van der Waals surface area contributed by atoms with Crippen molar-refractivity contribution in [2.45, 2.75) is 66.7 Å². The predicted molar refractivity (Wildman–Crippen MR) is 75.4 cm³/mol. The smallest absolute Gasteiger partial charge is 0.0238 e. The minimum atomic E-state index is 0.514. The van der Waals surface area contributed by atoms with Crippen LogP contribution in [-0.2, 0) is 0 Å². The molecule has 0 amide bonds. The average Bonchev–Trinajstić information content (AvgIpc) is 2.15.